The van der Waals surface area contributed by atoms with Crippen LogP contribution in [-0.2, 0) is 9.59 Å². The quantitative estimate of drug-likeness (QED) is 0.562. The van der Waals surface area contributed by atoms with Crippen molar-refractivity contribution in [3.8, 4) is 0 Å². The van der Waals surface area contributed by atoms with Crippen LogP contribution < -0.4 is 0 Å². The Labute approximate surface area is 161 Å². The Balaban J connectivity index is 1.94. The van der Waals surface area contributed by atoms with Crippen molar-refractivity contribution >= 4 is 35.8 Å². The lowest BCUT2D eigenvalue weighted by atomic mass is 9.49. The molecule has 0 spiro atoms. The Hall–Kier alpha value is -0.340. The third-order valence-electron chi connectivity index (χ3n) is 8.19. The largest absolute Gasteiger partial charge is 0.303 e. The van der Waals surface area contributed by atoms with Gasteiger partial charge < -0.3 is 9.59 Å². The van der Waals surface area contributed by atoms with Crippen LogP contribution in [0.15, 0.2) is 10.1 Å². The van der Waals surface area contributed by atoms with Gasteiger partial charge in [0, 0.05) is 11.8 Å². The number of hydrogen-bond donors (Lipinski definition) is 0. The fourth-order valence-electron chi connectivity index (χ4n) is 6.51. The number of fused-ring (bicyclic) bond motifs is 1. The van der Waals surface area contributed by atoms with E-state index in [1.54, 1.807) is 0 Å². The van der Waals surface area contributed by atoms with Crippen LogP contribution in [-0.4, -0.2) is 12.6 Å². The van der Waals surface area contributed by atoms with Crippen LogP contribution in [0, 0.1) is 40.4 Å². The molecule has 140 valence electrons. The summed E-state index contributed by atoms with van der Waals surface area (Å²) in [6.45, 7) is 6.74. The highest BCUT2D eigenvalue weighted by Crippen LogP contribution is 2.64. The van der Waals surface area contributed by atoms with E-state index < -0.39 is 0 Å². The molecular weight excluding hydrogens is 355 g/mol. The second kappa shape index (κ2) is 7.00. The average Bonchev–Trinajstić information content (AvgIpc) is 2.93. The van der Waals surface area contributed by atoms with Crippen LogP contribution in [0.5, 0.6) is 0 Å². The van der Waals surface area contributed by atoms with E-state index in [1.165, 1.54) is 12.6 Å². The predicted molar refractivity (Wildman–Crippen MR) is 103 cm³/mol. The standard InChI is InChI=1S/C21H30Cl2O2/c1-13-6-8-20(2,14(10-13)11-24)17-7-9-21(3)16(15(17)12-25)4-5-18(21)19(22)23/h11-17H,4-10H2,1-3H3/t13-,14+,15?,16?,17?,20-,21-/m0/s1. The molecule has 7 atom stereocenters. The zero-order valence-electron chi connectivity index (χ0n) is 15.6. The molecule has 0 saturated heterocycles. The maximum Gasteiger partial charge on any atom is 0.123 e. The second-order valence-electron chi connectivity index (χ2n) is 9.29. The van der Waals surface area contributed by atoms with E-state index in [0.29, 0.717) is 22.2 Å². The Bertz CT molecular complexity index is 582. The Morgan fingerprint density at radius 1 is 1.04 bits per heavy atom. The maximum absolute atomic E-state index is 12.2. The topological polar surface area (TPSA) is 34.1 Å². The molecule has 3 saturated carbocycles. The zero-order valence-corrected chi connectivity index (χ0v) is 17.1. The molecule has 3 aliphatic carbocycles. The van der Waals surface area contributed by atoms with Gasteiger partial charge in [0.25, 0.3) is 0 Å². The van der Waals surface area contributed by atoms with Gasteiger partial charge in [-0.3, -0.25) is 0 Å². The lowest BCUT2D eigenvalue weighted by Crippen LogP contribution is -2.50. The van der Waals surface area contributed by atoms with Crippen molar-refractivity contribution in [3.63, 3.8) is 0 Å². The van der Waals surface area contributed by atoms with Crippen molar-refractivity contribution in [1.82, 2.24) is 0 Å². The normalized spacial score (nSPS) is 47.2. The minimum atomic E-state index is -0.0596. The highest BCUT2D eigenvalue weighted by molar-refractivity contribution is 6.56. The van der Waals surface area contributed by atoms with Crippen molar-refractivity contribution in [2.24, 2.45) is 40.4 Å². The van der Waals surface area contributed by atoms with E-state index in [-0.39, 0.29) is 22.7 Å². The van der Waals surface area contributed by atoms with Crippen molar-refractivity contribution in [2.75, 3.05) is 0 Å². The summed E-state index contributed by atoms with van der Waals surface area (Å²) in [5.41, 5.74) is 1.02. The SMILES string of the molecule is C[C@H]1CC[C@](C)(C2CC[C@]3(C)C(=C(Cl)Cl)CCC3C2C=O)[C@@H](C=O)C1. The Morgan fingerprint density at radius 3 is 2.36 bits per heavy atom. The first-order valence-electron chi connectivity index (χ1n) is 9.73. The number of carbonyl (C=O) groups is 2. The van der Waals surface area contributed by atoms with E-state index >= 15 is 0 Å². The van der Waals surface area contributed by atoms with E-state index in [2.05, 4.69) is 20.8 Å². The van der Waals surface area contributed by atoms with E-state index in [0.717, 1.165) is 50.5 Å². The molecule has 3 aliphatic rings. The van der Waals surface area contributed by atoms with Gasteiger partial charge in [-0.05, 0) is 72.7 Å². The van der Waals surface area contributed by atoms with Gasteiger partial charge >= 0.3 is 0 Å². The van der Waals surface area contributed by atoms with Gasteiger partial charge in [0.2, 0.25) is 0 Å². The van der Waals surface area contributed by atoms with Crippen LogP contribution in [0.3, 0.4) is 0 Å². The molecule has 0 aromatic heterocycles. The number of rotatable bonds is 3. The van der Waals surface area contributed by atoms with E-state index in [9.17, 15) is 9.59 Å². The minimum absolute atomic E-state index is 0.00443. The molecule has 25 heavy (non-hydrogen) atoms. The van der Waals surface area contributed by atoms with Crippen molar-refractivity contribution in [1.29, 1.82) is 0 Å². The summed E-state index contributed by atoms with van der Waals surface area (Å²) in [5, 5.41) is 0. The van der Waals surface area contributed by atoms with Gasteiger partial charge in [-0.2, -0.15) is 0 Å². The van der Waals surface area contributed by atoms with Gasteiger partial charge in [-0.1, -0.05) is 50.4 Å². The highest BCUT2D eigenvalue weighted by Gasteiger charge is 2.57. The molecule has 0 heterocycles. The van der Waals surface area contributed by atoms with Gasteiger partial charge in [-0.25, -0.2) is 0 Å². The molecule has 4 heteroatoms. The average molecular weight is 385 g/mol. The van der Waals surface area contributed by atoms with Crippen LogP contribution in [0.2, 0.25) is 0 Å². The summed E-state index contributed by atoms with van der Waals surface area (Å²) >= 11 is 12.3. The Kier molecular flexibility index (Phi) is 5.44. The summed E-state index contributed by atoms with van der Waals surface area (Å²) in [7, 11) is 0. The van der Waals surface area contributed by atoms with Crippen LogP contribution in [0.25, 0.3) is 0 Å². The molecule has 3 fully saturated rings. The molecule has 0 N–H and O–H groups in total. The maximum atomic E-state index is 12.2. The molecule has 0 aromatic carbocycles. The third kappa shape index (κ3) is 3.02. The minimum Gasteiger partial charge on any atom is -0.303 e. The molecule has 0 aliphatic heterocycles. The second-order valence-corrected chi connectivity index (χ2v) is 10.2. The summed E-state index contributed by atoms with van der Waals surface area (Å²) in [6, 6.07) is 0. The van der Waals surface area contributed by atoms with Gasteiger partial charge in [0.1, 0.15) is 17.1 Å². The first kappa shape index (κ1) is 19.4. The summed E-state index contributed by atoms with van der Waals surface area (Å²) in [4.78, 5) is 24.1. The Morgan fingerprint density at radius 2 is 1.76 bits per heavy atom. The van der Waals surface area contributed by atoms with Crippen LogP contribution in [0.4, 0.5) is 0 Å². The van der Waals surface area contributed by atoms with Crippen LogP contribution >= 0.6 is 23.2 Å². The molecule has 3 rings (SSSR count). The van der Waals surface area contributed by atoms with Crippen molar-refractivity contribution in [3.05, 3.63) is 10.1 Å². The molecule has 0 radical (unpaired) electrons. The number of aldehydes is 2. The summed E-state index contributed by atoms with van der Waals surface area (Å²) in [5.74, 6) is 1.27. The van der Waals surface area contributed by atoms with E-state index in [4.69, 9.17) is 23.2 Å². The lowest BCUT2D eigenvalue weighted by molar-refractivity contribution is -0.133. The molecular formula is C21H30Cl2O2. The van der Waals surface area contributed by atoms with Gasteiger partial charge in [-0.15, -0.1) is 0 Å². The summed E-state index contributed by atoms with van der Waals surface area (Å²) in [6.07, 6.45) is 9.39. The van der Waals surface area contributed by atoms with Crippen molar-refractivity contribution in [2.45, 2.75) is 65.7 Å². The monoisotopic (exact) mass is 384 g/mol. The number of carbonyl (C=O) groups excluding carboxylic acids is 2. The first-order valence-corrected chi connectivity index (χ1v) is 10.5. The molecule has 0 aromatic rings. The molecule has 2 nitrogen and oxygen atoms in total. The fraction of sp³-hybridized carbons (Fsp3) is 0.810. The lowest BCUT2D eigenvalue weighted by Gasteiger charge is -2.54. The van der Waals surface area contributed by atoms with Gasteiger partial charge in [0.05, 0.1) is 0 Å². The highest BCUT2D eigenvalue weighted by atomic mass is 35.5. The molecule has 3 unspecified atom stereocenters. The molecule has 0 bridgehead atoms. The van der Waals surface area contributed by atoms with Crippen LogP contribution in [0.1, 0.15) is 65.7 Å². The third-order valence-corrected chi connectivity index (χ3v) is 8.65. The summed E-state index contributed by atoms with van der Waals surface area (Å²) < 4.78 is 0.400. The fourth-order valence-corrected chi connectivity index (χ4v) is 7.13. The van der Waals surface area contributed by atoms with Crippen molar-refractivity contribution < 1.29 is 9.59 Å². The van der Waals surface area contributed by atoms with E-state index in [1.807, 2.05) is 0 Å². The molecule has 0 amide bonds. The smallest absolute Gasteiger partial charge is 0.123 e. The predicted octanol–water partition coefficient (Wildman–Crippen LogP) is 5.96. The number of hydrogen-bond acceptors (Lipinski definition) is 2. The first-order chi connectivity index (χ1) is 11.8. The number of allylic oxidation sites excluding steroid dienone is 1. The number of halogens is 2. The zero-order chi connectivity index (χ0) is 18.4. The van der Waals surface area contributed by atoms with Gasteiger partial charge in [0.15, 0.2) is 0 Å².